The standard InChI is InChI=1S/C44H63N7O8/c1-10-29(2)37(51-24-23-49(42(51)56)27-32-17-14-18-36(45-32)44(6,7)57)39(53)46-34(25-30-15-12-11-13-16-30)35(52)28-50(26-31-19-21-33(58-8)22-20-31)48-40(54)38(43(3,4)5)47-41(55)59-9/h11-22,29,34-35,37-38,52,57H,10,23-28H2,1-9H3,(H,46,53)(H,47,55)(H,48,54). The molecule has 0 spiro atoms. The van der Waals surface area contributed by atoms with E-state index in [4.69, 9.17) is 9.47 Å². The average molecular weight is 818 g/mol. The van der Waals surface area contributed by atoms with Gasteiger partial charge in [0.25, 0.3) is 5.91 Å². The van der Waals surface area contributed by atoms with Crippen LogP contribution in [0.25, 0.3) is 0 Å². The van der Waals surface area contributed by atoms with Crippen molar-refractivity contribution in [1.29, 1.82) is 0 Å². The molecule has 4 rings (SSSR count). The van der Waals surface area contributed by atoms with E-state index in [0.717, 1.165) is 11.1 Å². The van der Waals surface area contributed by atoms with Gasteiger partial charge in [-0.3, -0.25) is 20.0 Å². The van der Waals surface area contributed by atoms with E-state index in [0.29, 0.717) is 36.6 Å². The van der Waals surface area contributed by atoms with Crippen LogP contribution in [-0.4, -0.2) is 112 Å². The number of carbonyl (C=O) groups excluding carboxylic acids is 4. The van der Waals surface area contributed by atoms with E-state index < -0.39 is 53.2 Å². The number of nitrogens with zero attached hydrogens (tertiary/aromatic N) is 4. The van der Waals surface area contributed by atoms with Crippen molar-refractivity contribution in [3.05, 3.63) is 95.3 Å². The minimum absolute atomic E-state index is 0.119. The van der Waals surface area contributed by atoms with Crippen molar-refractivity contribution in [3.8, 4) is 5.75 Å². The van der Waals surface area contributed by atoms with Gasteiger partial charge in [0.05, 0.1) is 44.3 Å². The maximum absolute atomic E-state index is 14.5. The molecule has 5 unspecified atom stereocenters. The fourth-order valence-corrected chi connectivity index (χ4v) is 6.99. The summed E-state index contributed by atoms with van der Waals surface area (Å²) in [6, 6.07) is 19.1. The Hall–Kier alpha value is -5.25. The van der Waals surface area contributed by atoms with Crippen LogP contribution in [0.4, 0.5) is 9.59 Å². The molecule has 0 bridgehead atoms. The molecule has 59 heavy (non-hydrogen) atoms. The van der Waals surface area contributed by atoms with Gasteiger partial charge >= 0.3 is 12.1 Å². The first-order valence-electron chi connectivity index (χ1n) is 20.1. The number of rotatable bonds is 19. The van der Waals surface area contributed by atoms with Crippen molar-refractivity contribution < 1.29 is 38.9 Å². The number of benzene rings is 2. The Bertz CT molecular complexity index is 1850. The summed E-state index contributed by atoms with van der Waals surface area (Å²) in [6.07, 6.45) is -1.13. The van der Waals surface area contributed by atoms with Gasteiger partial charge < -0.3 is 40.1 Å². The SMILES string of the molecule is CCC(C)C(C(=O)NC(Cc1ccccc1)C(O)CN(Cc1ccc(OC)cc1)NC(=O)C(NC(=O)OC)C(C)(C)C)N1CCN(Cc2cccc(C(C)(C)O)n2)C1=O. The summed E-state index contributed by atoms with van der Waals surface area (Å²) in [6.45, 7) is 13.6. The van der Waals surface area contributed by atoms with Gasteiger partial charge in [0.2, 0.25) is 5.91 Å². The summed E-state index contributed by atoms with van der Waals surface area (Å²) in [5.74, 6) is -0.509. The molecule has 1 saturated heterocycles. The van der Waals surface area contributed by atoms with Crippen molar-refractivity contribution >= 4 is 23.9 Å². The molecule has 0 radical (unpaired) electrons. The number of amides is 5. The number of aromatic nitrogens is 1. The Labute approximate surface area is 348 Å². The molecule has 3 aromatic rings. The minimum Gasteiger partial charge on any atom is -0.497 e. The smallest absolute Gasteiger partial charge is 0.407 e. The first-order valence-corrected chi connectivity index (χ1v) is 20.1. The van der Waals surface area contributed by atoms with Crippen LogP contribution in [0.3, 0.4) is 0 Å². The normalized spacial score (nSPS) is 15.9. The quantitative estimate of drug-likeness (QED) is 0.109. The summed E-state index contributed by atoms with van der Waals surface area (Å²) >= 11 is 0. The number of alkyl carbamates (subject to hydrolysis) is 1. The number of ether oxygens (including phenoxy) is 2. The lowest BCUT2D eigenvalue weighted by molar-refractivity contribution is -0.132. The predicted molar refractivity (Wildman–Crippen MR) is 224 cm³/mol. The lowest BCUT2D eigenvalue weighted by atomic mass is 9.86. The molecule has 0 aliphatic carbocycles. The van der Waals surface area contributed by atoms with Gasteiger partial charge in [-0.1, -0.05) is 89.6 Å². The van der Waals surface area contributed by atoms with Crippen LogP contribution in [0.2, 0.25) is 0 Å². The highest BCUT2D eigenvalue weighted by Gasteiger charge is 2.41. The third-order valence-corrected chi connectivity index (χ3v) is 10.6. The van der Waals surface area contributed by atoms with E-state index in [9.17, 15) is 29.4 Å². The van der Waals surface area contributed by atoms with Crippen LogP contribution in [0.15, 0.2) is 72.8 Å². The van der Waals surface area contributed by atoms with Gasteiger partial charge in [0.1, 0.15) is 23.4 Å². The molecule has 322 valence electrons. The van der Waals surface area contributed by atoms with Crippen molar-refractivity contribution in [3.63, 3.8) is 0 Å². The molecule has 2 aromatic carbocycles. The Kier molecular flexibility index (Phi) is 16.2. The molecule has 1 aliphatic rings. The third kappa shape index (κ3) is 13.1. The lowest BCUT2D eigenvalue weighted by Gasteiger charge is -2.36. The second kappa shape index (κ2) is 20.6. The zero-order valence-corrected chi connectivity index (χ0v) is 35.9. The molecular weight excluding hydrogens is 755 g/mol. The number of hydrogen-bond acceptors (Lipinski definition) is 10. The van der Waals surface area contributed by atoms with Gasteiger partial charge in [-0.05, 0) is 67.0 Å². The van der Waals surface area contributed by atoms with Gasteiger partial charge in [0.15, 0.2) is 0 Å². The minimum atomic E-state index is -1.23. The molecule has 2 heterocycles. The van der Waals surface area contributed by atoms with E-state index in [1.54, 1.807) is 66.1 Å². The molecule has 1 aromatic heterocycles. The molecule has 1 aliphatic heterocycles. The molecule has 5 amide bonds. The average Bonchev–Trinajstić information content (AvgIpc) is 3.54. The van der Waals surface area contributed by atoms with Crippen LogP contribution >= 0.6 is 0 Å². The van der Waals surface area contributed by atoms with Crippen molar-refractivity contribution in [2.75, 3.05) is 33.9 Å². The molecule has 15 nitrogen and oxygen atoms in total. The van der Waals surface area contributed by atoms with E-state index >= 15 is 0 Å². The number of hydrazine groups is 1. The fraction of sp³-hybridized carbons (Fsp3) is 0.523. The number of nitrogens with one attached hydrogen (secondary N) is 3. The van der Waals surface area contributed by atoms with Crippen LogP contribution < -0.4 is 20.8 Å². The van der Waals surface area contributed by atoms with Crippen LogP contribution in [0, 0.1) is 11.3 Å². The molecule has 1 fully saturated rings. The Morgan fingerprint density at radius 1 is 0.898 bits per heavy atom. The van der Waals surface area contributed by atoms with E-state index in [1.807, 2.05) is 77.1 Å². The fourth-order valence-electron chi connectivity index (χ4n) is 6.99. The number of pyridine rings is 1. The topological polar surface area (TPSA) is 186 Å². The first-order chi connectivity index (χ1) is 27.8. The number of urea groups is 1. The van der Waals surface area contributed by atoms with Crippen molar-refractivity contribution in [2.45, 2.75) is 104 Å². The van der Waals surface area contributed by atoms with Crippen molar-refractivity contribution in [2.24, 2.45) is 11.3 Å². The van der Waals surface area contributed by atoms with E-state index in [2.05, 4.69) is 21.0 Å². The number of aliphatic hydroxyl groups is 2. The second-order valence-corrected chi connectivity index (χ2v) is 16.8. The highest BCUT2D eigenvalue weighted by atomic mass is 16.5. The van der Waals surface area contributed by atoms with Crippen molar-refractivity contribution in [1.82, 2.24) is 35.9 Å². The van der Waals surface area contributed by atoms with E-state index in [1.165, 1.54) is 7.11 Å². The predicted octanol–water partition coefficient (Wildman–Crippen LogP) is 4.36. The van der Waals surface area contributed by atoms with Crippen LogP contribution in [0.5, 0.6) is 5.75 Å². The Morgan fingerprint density at radius 3 is 2.17 bits per heavy atom. The zero-order chi connectivity index (χ0) is 43.5. The van der Waals surface area contributed by atoms with Gasteiger partial charge in [-0.2, -0.15) is 0 Å². The third-order valence-electron chi connectivity index (χ3n) is 10.6. The monoisotopic (exact) mass is 817 g/mol. The van der Waals surface area contributed by atoms with Gasteiger partial charge in [-0.25, -0.2) is 14.6 Å². The molecule has 5 N–H and O–H groups in total. The number of carbonyl (C=O) groups is 4. The van der Waals surface area contributed by atoms with Gasteiger partial charge in [-0.15, -0.1) is 0 Å². The number of aliphatic hydroxyl groups excluding tert-OH is 1. The maximum Gasteiger partial charge on any atom is 0.407 e. The molecule has 5 atom stereocenters. The molecule has 0 saturated carbocycles. The number of methoxy groups -OCH3 is 2. The van der Waals surface area contributed by atoms with Gasteiger partial charge in [0, 0.05) is 26.2 Å². The summed E-state index contributed by atoms with van der Waals surface area (Å²) in [7, 11) is 2.79. The summed E-state index contributed by atoms with van der Waals surface area (Å²) in [5.41, 5.74) is 3.83. The lowest BCUT2D eigenvalue weighted by Crippen LogP contribution is -2.60. The summed E-state index contributed by atoms with van der Waals surface area (Å²) in [5, 5.41) is 29.9. The van der Waals surface area contributed by atoms with Crippen LogP contribution in [-0.2, 0) is 39.4 Å². The first kappa shape index (κ1) is 46.4. The molecule has 15 heteroatoms. The summed E-state index contributed by atoms with van der Waals surface area (Å²) in [4.78, 5) is 62.5. The Balaban J connectivity index is 1.61. The highest BCUT2D eigenvalue weighted by molar-refractivity contribution is 5.88. The maximum atomic E-state index is 14.5. The zero-order valence-electron chi connectivity index (χ0n) is 35.9. The van der Waals surface area contributed by atoms with E-state index in [-0.39, 0.29) is 38.0 Å². The Morgan fingerprint density at radius 2 is 1.58 bits per heavy atom. The number of hydrogen-bond donors (Lipinski definition) is 5. The molecular formula is C44H63N7O8. The highest BCUT2D eigenvalue weighted by Crippen LogP contribution is 2.25. The summed E-state index contributed by atoms with van der Waals surface area (Å²) < 4.78 is 10.1. The van der Waals surface area contributed by atoms with Crippen LogP contribution in [0.1, 0.15) is 77.4 Å². The largest absolute Gasteiger partial charge is 0.497 e. The second-order valence-electron chi connectivity index (χ2n) is 16.8.